The van der Waals surface area contributed by atoms with E-state index in [1.165, 1.54) is 38.7 Å². The van der Waals surface area contributed by atoms with Crippen molar-refractivity contribution >= 4 is 15.7 Å². The highest BCUT2D eigenvalue weighted by Gasteiger charge is 2.17. The summed E-state index contributed by atoms with van der Waals surface area (Å²) in [7, 11) is -0.723. The number of nitrogens with one attached hydrogen (secondary N) is 2. The predicted octanol–water partition coefficient (Wildman–Crippen LogP) is 0.934. The minimum absolute atomic E-state index is 0.0774. The van der Waals surface area contributed by atoms with E-state index in [1.807, 2.05) is 0 Å². The van der Waals surface area contributed by atoms with Crippen LogP contribution in [0.2, 0.25) is 0 Å². The molecule has 0 spiro atoms. The molecular formula is C16H20N2O6S. The van der Waals surface area contributed by atoms with Gasteiger partial charge in [0, 0.05) is 6.07 Å². The summed E-state index contributed by atoms with van der Waals surface area (Å²) in [5, 5.41) is 5.24. The molecule has 0 aliphatic carbocycles. The van der Waals surface area contributed by atoms with Gasteiger partial charge in [-0.15, -0.1) is 0 Å². The first-order valence-electron chi connectivity index (χ1n) is 7.41. The molecule has 0 atom stereocenters. The Morgan fingerprint density at radius 1 is 1.16 bits per heavy atom. The lowest BCUT2D eigenvalue weighted by Gasteiger charge is -2.11. The van der Waals surface area contributed by atoms with E-state index in [1.54, 1.807) is 12.1 Å². The minimum Gasteiger partial charge on any atom is -0.493 e. The van der Waals surface area contributed by atoms with E-state index in [4.69, 9.17) is 13.9 Å². The number of methoxy groups -OCH3 is 2. The van der Waals surface area contributed by atoms with Crippen LogP contribution in [0, 0.1) is 0 Å². The summed E-state index contributed by atoms with van der Waals surface area (Å²) in [4.78, 5) is 11.8. The third-order valence-corrected chi connectivity index (χ3v) is 4.89. The van der Waals surface area contributed by atoms with Crippen LogP contribution in [0.4, 0.5) is 0 Å². The number of hydrogen-bond donors (Lipinski definition) is 2. The average Bonchev–Trinajstić information content (AvgIpc) is 3.12. The number of carbonyl (C=O) groups excluding carboxylic acids is 1. The van der Waals surface area contributed by atoms with Crippen molar-refractivity contribution in [1.82, 2.24) is 10.6 Å². The Hall–Kier alpha value is -2.52. The second kappa shape index (κ2) is 8.54. The second-order valence-corrected chi connectivity index (χ2v) is 7.05. The molecule has 1 aromatic heterocycles. The van der Waals surface area contributed by atoms with Gasteiger partial charge >= 0.3 is 0 Å². The van der Waals surface area contributed by atoms with Crippen molar-refractivity contribution in [2.75, 3.05) is 26.6 Å². The van der Waals surface area contributed by atoms with Crippen LogP contribution in [0.15, 0.2) is 45.9 Å². The summed E-state index contributed by atoms with van der Waals surface area (Å²) in [5.41, 5.74) is 0. The van der Waals surface area contributed by atoms with Gasteiger partial charge in [0.05, 0.1) is 38.5 Å². The molecular weight excluding hydrogens is 348 g/mol. The Morgan fingerprint density at radius 2 is 1.92 bits per heavy atom. The molecule has 1 heterocycles. The normalized spacial score (nSPS) is 11.1. The lowest BCUT2D eigenvalue weighted by Crippen LogP contribution is -2.35. The molecule has 0 unspecified atom stereocenters. The van der Waals surface area contributed by atoms with Gasteiger partial charge < -0.3 is 19.2 Å². The first kappa shape index (κ1) is 18.8. The molecule has 0 saturated carbocycles. The van der Waals surface area contributed by atoms with Crippen molar-refractivity contribution in [3.63, 3.8) is 0 Å². The lowest BCUT2D eigenvalue weighted by atomic mass is 10.3. The smallest absolute Gasteiger partial charge is 0.234 e. The Labute approximate surface area is 146 Å². The van der Waals surface area contributed by atoms with Crippen LogP contribution in [0.1, 0.15) is 5.76 Å². The van der Waals surface area contributed by atoms with Crippen molar-refractivity contribution < 1.29 is 27.1 Å². The molecule has 0 aliphatic rings. The fraction of sp³-hybridized carbons (Fsp3) is 0.312. The van der Waals surface area contributed by atoms with E-state index < -0.39 is 9.84 Å². The lowest BCUT2D eigenvalue weighted by molar-refractivity contribution is -0.120. The largest absolute Gasteiger partial charge is 0.493 e. The minimum atomic E-state index is -3.62. The van der Waals surface area contributed by atoms with Crippen molar-refractivity contribution in [2.24, 2.45) is 0 Å². The highest BCUT2D eigenvalue weighted by molar-refractivity contribution is 7.91. The van der Waals surface area contributed by atoms with Crippen LogP contribution in [-0.4, -0.2) is 41.0 Å². The SMILES string of the molecule is COc1ccc(S(=O)(=O)CNCC(=O)NCc2ccco2)cc1OC. The molecule has 25 heavy (non-hydrogen) atoms. The van der Waals surface area contributed by atoms with Crippen LogP contribution in [0.3, 0.4) is 0 Å². The number of furan rings is 1. The summed E-state index contributed by atoms with van der Waals surface area (Å²) in [6.07, 6.45) is 1.51. The maximum atomic E-state index is 12.3. The van der Waals surface area contributed by atoms with Gasteiger partial charge in [-0.1, -0.05) is 0 Å². The second-order valence-electron chi connectivity index (χ2n) is 5.06. The highest BCUT2D eigenvalue weighted by atomic mass is 32.2. The topological polar surface area (TPSA) is 107 Å². The number of sulfone groups is 1. The number of hydrogen-bond acceptors (Lipinski definition) is 7. The molecule has 9 heteroatoms. The summed E-state index contributed by atoms with van der Waals surface area (Å²) in [5.74, 6) is 0.660. The molecule has 2 rings (SSSR count). The zero-order valence-corrected chi connectivity index (χ0v) is 14.8. The molecule has 0 saturated heterocycles. The van der Waals surface area contributed by atoms with Gasteiger partial charge in [-0.2, -0.15) is 0 Å². The quantitative estimate of drug-likeness (QED) is 0.678. The van der Waals surface area contributed by atoms with Crippen LogP contribution in [-0.2, 0) is 21.2 Å². The van der Waals surface area contributed by atoms with E-state index in [2.05, 4.69) is 10.6 Å². The summed E-state index contributed by atoms with van der Waals surface area (Å²) in [6, 6.07) is 7.77. The third kappa shape index (κ3) is 5.23. The monoisotopic (exact) mass is 368 g/mol. The van der Waals surface area contributed by atoms with Gasteiger partial charge in [0.25, 0.3) is 0 Å². The van der Waals surface area contributed by atoms with Crippen molar-refractivity contribution in [3.8, 4) is 11.5 Å². The van der Waals surface area contributed by atoms with Crippen molar-refractivity contribution in [3.05, 3.63) is 42.4 Å². The predicted molar refractivity (Wildman–Crippen MR) is 90.2 cm³/mol. The first-order valence-corrected chi connectivity index (χ1v) is 9.06. The zero-order valence-electron chi connectivity index (χ0n) is 13.9. The maximum absolute atomic E-state index is 12.3. The zero-order chi connectivity index (χ0) is 18.3. The molecule has 136 valence electrons. The van der Waals surface area contributed by atoms with E-state index in [0.29, 0.717) is 17.3 Å². The molecule has 8 nitrogen and oxygen atoms in total. The highest BCUT2D eigenvalue weighted by Crippen LogP contribution is 2.29. The third-order valence-electron chi connectivity index (χ3n) is 3.33. The van der Waals surface area contributed by atoms with Crippen LogP contribution < -0.4 is 20.1 Å². The molecule has 0 bridgehead atoms. The molecule has 0 aliphatic heterocycles. The molecule has 0 fully saturated rings. The van der Waals surface area contributed by atoms with Gasteiger partial charge in [-0.25, -0.2) is 8.42 Å². The first-order chi connectivity index (χ1) is 12.0. The Bertz CT molecular complexity index is 802. The van der Waals surface area contributed by atoms with Gasteiger partial charge in [0.2, 0.25) is 5.91 Å². The Balaban J connectivity index is 1.87. The van der Waals surface area contributed by atoms with E-state index in [0.717, 1.165) is 0 Å². The molecule has 0 radical (unpaired) electrons. The van der Waals surface area contributed by atoms with Gasteiger partial charge in [-0.3, -0.25) is 10.1 Å². The number of benzene rings is 1. The molecule has 1 aromatic carbocycles. The number of rotatable bonds is 9. The van der Waals surface area contributed by atoms with Crippen LogP contribution in [0.25, 0.3) is 0 Å². The average molecular weight is 368 g/mol. The van der Waals surface area contributed by atoms with Gasteiger partial charge in [0.15, 0.2) is 21.3 Å². The van der Waals surface area contributed by atoms with Crippen molar-refractivity contribution in [2.45, 2.75) is 11.4 Å². The maximum Gasteiger partial charge on any atom is 0.234 e. The van der Waals surface area contributed by atoms with E-state index in [9.17, 15) is 13.2 Å². The molecule has 2 aromatic rings. The van der Waals surface area contributed by atoms with E-state index in [-0.39, 0.29) is 29.8 Å². The van der Waals surface area contributed by atoms with Crippen LogP contribution in [0.5, 0.6) is 11.5 Å². The number of amides is 1. The summed E-state index contributed by atoms with van der Waals surface area (Å²) < 4.78 is 39.9. The van der Waals surface area contributed by atoms with E-state index >= 15 is 0 Å². The van der Waals surface area contributed by atoms with Crippen LogP contribution >= 0.6 is 0 Å². The summed E-state index contributed by atoms with van der Waals surface area (Å²) >= 11 is 0. The van der Waals surface area contributed by atoms with Gasteiger partial charge in [0.1, 0.15) is 11.6 Å². The Morgan fingerprint density at radius 3 is 2.56 bits per heavy atom. The standard InChI is InChI=1S/C16H20N2O6S/c1-22-14-6-5-13(8-15(14)23-2)25(20,21)11-17-10-16(19)18-9-12-4-3-7-24-12/h3-8,17H,9-11H2,1-2H3,(H,18,19). The summed E-state index contributed by atoms with van der Waals surface area (Å²) in [6.45, 7) is 0.114. The molecule has 2 N–H and O–H groups in total. The van der Waals surface area contributed by atoms with Gasteiger partial charge in [-0.05, 0) is 24.3 Å². The fourth-order valence-corrected chi connectivity index (χ4v) is 3.15. The van der Waals surface area contributed by atoms with Crippen molar-refractivity contribution in [1.29, 1.82) is 0 Å². The molecule has 1 amide bonds. The fourth-order valence-electron chi connectivity index (χ4n) is 2.05. The Kier molecular flexibility index (Phi) is 6.43. The number of carbonyl (C=O) groups is 1. The number of ether oxygens (including phenoxy) is 2.